The van der Waals surface area contributed by atoms with Gasteiger partial charge in [0.05, 0.1) is 15.5 Å². The third-order valence-electron chi connectivity index (χ3n) is 4.16. The minimum Gasteiger partial charge on any atom is -0.322 e. The molecule has 0 atom stereocenters. The van der Waals surface area contributed by atoms with E-state index in [1.807, 2.05) is 6.07 Å². The monoisotopic (exact) mass is 443 g/mol. The van der Waals surface area contributed by atoms with E-state index >= 15 is 0 Å². The summed E-state index contributed by atoms with van der Waals surface area (Å²) in [6, 6.07) is 17.9. The minimum absolute atomic E-state index is 0.0163. The molecule has 0 aliphatic rings. The van der Waals surface area contributed by atoms with Gasteiger partial charge in [-0.15, -0.1) is 0 Å². The zero-order valence-electron chi connectivity index (χ0n) is 15.4. The third kappa shape index (κ3) is 5.02. The van der Waals surface area contributed by atoms with Crippen LogP contribution in [0.4, 0.5) is 10.1 Å². The zero-order chi connectivity index (χ0) is 21.7. The zero-order valence-corrected chi connectivity index (χ0v) is 17.0. The van der Waals surface area contributed by atoms with E-state index in [0.29, 0.717) is 16.8 Å². The first-order valence-corrected chi connectivity index (χ1v) is 10.5. The van der Waals surface area contributed by atoms with Gasteiger partial charge in [0, 0.05) is 17.8 Å². The molecule has 0 radical (unpaired) electrons. The number of halogens is 2. The summed E-state index contributed by atoms with van der Waals surface area (Å²) < 4.78 is 40.5. The van der Waals surface area contributed by atoms with Crippen molar-refractivity contribution >= 4 is 33.2 Å². The molecule has 152 valence electrons. The van der Waals surface area contributed by atoms with Crippen LogP contribution in [0.15, 0.2) is 71.6 Å². The van der Waals surface area contributed by atoms with Crippen molar-refractivity contribution in [1.82, 2.24) is 4.72 Å². The molecule has 0 saturated heterocycles. The Balaban J connectivity index is 1.66. The van der Waals surface area contributed by atoms with Gasteiger partial charge in [0.15, 0.2) is 0 Å². The molecule has 0 unspecified atom stereocenters. The van der Waals surface area contributed by atoms with Gasteiger partial charge >= 0.3 is 0 Å². The maximum atomic E-state index is 13.2. The smallest absolute Gasteiger partial charge is 0.255 e. The van der Waals surface area contributed by atoms with Crippen LogP contribution in [0.3, 0.4) is 0 Å². The van der Waals surface area contributed by atoms with Gasteiger partial charge in [0.2, 0.25) is 10.0 Å². The fraction of sp³-hybridized carbons (Fsp3) is 0.0476. The summed E-state index contributed by atoms with van der Waals surface area (Å²) in [5, 5.41) is 11.6. The number of anilines is 1. The Morgan fingerprint density at radius 3 is 2.43 bits per heavy atom. The predicted molar refractivity (Wildman–Crippen MR) is 111 cm³/mol. The first kappa shape index (κ1) is 21.5. The fourth-order valence-electron chi connectivity index (χ4n) is 2.60. The van der Waals surface area contributed by atoms with Crippen LogP contribution in [-0.2, 0) is 16.6 Å². The second kappa shape index (κ2) is 9.05. The van der Waals surface area contributed by atoms with Crippen LogP contribution < -0.4 is 10.0 Å². The predicted octanol–water partition coefficient (Wildman–Crippen LogP) is 4.08. The Bertz CT molecular complexity index is 1240. The molecule has 0 fully saturated rings. The molecule has 0 saturated carbocycles. The summed E-state index contributed by atoms with van der Waals surface area (Å²) in [5.74, 6) is -1.01. The van der Waals surface area contributed by atoms with Crippen molar-refractivity contribution in [3.05, 3.63) is 94.3 Å². The van der Waals surface area contributed by atoms with Crippen molar-refractivity contribution in [1.29, 1.82) is 5.26 Å². The van der Waals surface area contributed by atoms with Crippen molar-refractivity contribution in [2.24, 2.45) is 0 Å². The molecule has 6 nitrogen and oxygen atoms in total. The Morgan fingerprint density at radius 1 is 1.07 bits per heavy atom. The topological polar surface area (TPSA) is 99.1 Å². The molecule has 3 rings (SSSR count). The van der Waals surface area contributed by atoms with E-state index in [0.717, 1.165) is 6.07 Å². The molecule has 0 aliphatic heterocycles. The van der Waals surface area contributed by atoms with Crippen LogP contribution in [0.1, 0.15) is 21.5 Å². The number of nitrogens with zero attached hydrogens (tertiary/aromatic N) is 1. The summed E-state index contributed by atoms with van der Waals surface area (Å²) in [6.07, 6.45) is 0. The number of carbonyl (C=O) groups excluding carboxylic acids is 1. The van der Waals surface area contributed by atoms with Crippen LogP contribution in [0.2, 0.25) is 5.02 Å². The number of amides is 1. The Hall–Kier alpha value is -3.25. The van der Waals surface area contributed by atoms with Gasteiger partial charge in [0.25, 0.3) is 5.91 Å². The van der Waals surface area contributed by atoms with Crippen molar-refractivity contribution in [2.45, 2.75) is 11.4 Å². The number of nitrogens with one attached hydrogen (secondary N) is 2. The van der Waals surface area contributed by atoms with E-state index in [-0.39, 0.29) is 22.0 Å². The quantitative estimate of drug-likeness (QED) is 0.599. The maximum Gasteiger partial charge on any atom is 0.255 e. The van der Waals surface area contributed by atoms with Gasteiger partial charge in [-0.05, 0) is 48.0 Å². The molecule has 2 N–H and O–H groups in total. The molecule has 0 bridgehead atoms. The average molecular weight is 444 g/mol. The van der Waals surface area contributed by atoms with Gasteiger partial charge in [0.1, 0.15) is 11.9 Å². The highest BCUT2D eigenvalue weighted by atomic mass is 35.5. The summed E-state index contributed by atoms with van der Waals surface area (Å²) in [5.41, 5.74) is 1.35. The van der Waals surface area contributed by atoms with Gasteiger partial charge in [-0.1, -0.05) is 35.9 Å². The fourth-order valence-corrected chi connectivity index (χ4v) is 3.95. The van der Waals surface area contributed by atoms with Crippen LogP contribution in [0.5, 0.6) is 0 Å². The van der Waals surface area contributed by atoms with E-state index in [1.165, 1.54) is 42.5 Å². The van der Waals surface area contributed by atoms with E-state index in [9.17, 15) is 17.6 Å². The SMILES string of the molecule is N#Cc1ccccc1S(=O)(=O)NCc1ccc(C(=O)Nc2ccc(F)c(Cl)c2)cc1. The average Bonchev–Trinajstić information content (AvgIpc) is 2.75. The highest BCUT2D eigenvalue weighted by Gasteiger charge is 2.18. The largest absolute Gasteiger partial charge is 0.322 e. The van der Waals surface area contributed by atoms with E-state index in [4.69, 9.17) is 16.9 Å². The Morgan fingerprint density at radius 2 is 1.77 bits per heavy atom. The summed E-state index contributed by atoms with van der Waals surface area (Å²) in [4.78, 5) is 12.2. The lowest BCUT2D eigenvalue weighted by Gasteiger charge is -2.09. The molecule has 0 heterocycles. The van der Waals surface area contributed by atoms with Crippen LogP contribution in [0.25, 0.3) is 0 Å². The van der Waals surface area contributed by atoms with Gasteiger partial charge in [-0.3, -0.25) is 4.79 Å². The summed E-state index contributed by atoms with van der Waals surface area (Å²) >= 11 is 5.70. The number of sulfonamides is 1. The maximum absolute atomic E-state index is 13.2. The Kier molecular flexibility index (Phi) is 6.47. The molecule has 9 heteroatoms. The molecular weight excluding hydrogens is 429 g/mol. The molecule has 1 amide bonds. The van der Waals surface area contributed by atoms with E-state index in [1.54, 1.807) is 18.2 Å². The molecular formula is C21H15ClFN3O3S. The third-order valence-corrected chi connectivity index (χ3v) is 5.91. The summed E-state index contributed by atoms with van der Waals surface area (Å²) in [6.45, 7) is -0.0163. The summed E-state index contributed by atoms with van der Waals surface area (Å²) in [7, 11) is -3.87. The van der Waals surface area contributed by atoms with Crippen molar-refractivity contribution in [3.63, 3.8) is 0 Å². The first-order valence-electron chi connectivity index (χ1n) is 8.64. The van der Waals surface area contributed by atoms with Crippen molar-refractivity contribution in [3.8, 4) is 6.07 Å². The first-order chi connectivity index (χ1) is 14.3. The van der Waals surface area contributed by atoms with Crippen molar-refractivity contribution in [2.75, 3.05) is 5.32 Å². The molecule has 0 aliphatic carbocycles. The number of rotatable bonds is 6. The lowest BCUT2D eigenvalue weighted by atomic mass is 10.1. The molecule has 30 heavy (non-hydrogen) atoms. The van der Waals surface area contributed by atoms with E-state index < -0.39 is 21.7 Å². The van der Waals surface area contributed by atoms with E-state index in [2.05, 4.69) is 10.0 Å². The number of hydrogen-bond acceptors (Lipinski definition) is 4. The lowest BCUT2D eigenvalue weighted by Crippen LogP contribution is -2.24. The second-order valence-electron chi connectivity index (χ2n) is 6.21. The second-order valence-corrected chi connectivity index (χ2v) is 8.36. The normalized spacial score (nSPS) is 11.0. The highest BCUT2D eigenvalue weighted by Crippen LogP contribution is 2.20. The highest BCUT2D eigenvalue weighted by molar-refractivity contribution is 7.89. The Labute approximate surface area is 178 Å². The minimum atomic E-state index is -3.87. The molecule has 0 aromatic heterocycles. The lowest BCUT2D eigenvalue weighted by molar-refractivity contribution is 0.102. The van der Waals surface area contributed by atoms with Gasteiger partial charge in [-0.2, -0.15) is 5.26 Å². The van der Waals surface area contributed by atoms with Gasteiger partial charge < -0.3 is 5.32 Å². The van der Waals surface area contributed by atoms with Crippen molar-refractivity contribution < 1.29 is 17.6 Å². The van der Waals surface area contributed by atoms with Crippen LogP contribution in [-0.4, -0.2) is 14.3 Å². The van der Waals surface area contributed by atoms with Gasteiger partial charge in [-0.25, -0.2) is 17.5 Å². The number of nitriles is 1. The van der Waals surface area contributed by atoms with Crippen LogP contribution >= 0.6 is 11.6 Å². The molecule has 0 spiro atoms. The number of benzene rings is 3. The number of hydrogen-bond donors (Lipinski definition) is 2. The standard InChI is InChI=1S/C21H15ClFN3O3S/c22-18-11-17(9-10-19(18)23)26-21(27)15-7-5-14(6-8-15)13-25-30(28,29)20-4-2-1-3-16(20)12-24/h1-11,25H,13H2,(H,26,27). The molecule has 3 aromatic rings. The van der Waals surface area contributed by atoms with Crippen LogP contribution in [0, 0.1) is 17.1 Å². The number of carbonyl (C=O) groups is 1. The molecule has 3 aromatic carbocycles.